The summed E-state index contributed by atoms with van der Waals surface area (Å²) in [6.45, 7) is 1.81. The Hall–Kier alpha value is -4.18. The predicted octanol–water partition coefficient (Wildman–Crippen LogP) is 4.74. The Bertz CT molecular complexity index is 1490. The zero-order valence-corrected chi connectivity index (χ0v) is 18.5. The first-order chi connectivity index (χ1) is 16.3. The van der Waals surface area contributed by atoms with Gasteiger partial charge in [0.15, 0.2) is 5.01 Å². The van der Waals surface area contributed by atoms with Gasteiger partial charge in [-0.15, -0.1) is 11.3 Å². The van der Waals surface area contributed by atoms with Crippen molar-refractivity contribution in [1.82, 2.24) is 14.5 Å². The van der Waals surface area contributed by atoms with Crippen LogP contribution in [0.25, 0.3) is 10.9 Å². The van der Waals surface area contributed by atoms with Crippen molar-refractivity contribution in [3.05, 3.63) is 87.3 Å². The zero-order chi connectivity index (χ0) is 24.1. The first kappa shape index (κ1) is 21.7. The molecule has 2 aromatic carbocycles. The van der Waals surface area contributed by atoms with E-state index < -0.39 is 35.5 Å². The maximum absolute atomic E-state index is 13.7. The Morgan fingerprint density at radius 3 is 2.41 bits per heavy atom. The number of carboxylic acid groups (broad SMARTS) is 1. The Morgan fingerprint density at radius 1 is 1.12 bits per heavy atom. The highest BCUT2D eigenvalue weighted by atomic mass is 32.1. The predicted molar refractivity (Wildman–Crippen MR) is 121 cm³/mol. The highest BCUT2D eigenvalue weighted by Crippen LogP contribution is 2.34. The summed E-state index contributed by atoms with van der Waals surface area (Å²) in [7, 11) is 0. The Labute approximate surface area is 195 Å². The van der Waals surface area contributed by atoms with Crippen LogP contribution in [0.2, 0.25) is 0 Å². The highest BCUT2D eigenvalue weighted by molar-refractivity contribution is 7.12. The summed E-state index contributed by atoms with van der Waals surface area (Å²) < 4.78 is 14.5. The summed E-state index contributed by atoms with van der Waals surface area (Å²) in [4.78, 5) is 56.2. The first-order valence-corrected chi connectivity index (χ1v) is 11.2. The van der Waals surface area contributed by atoms with Crippen molar-refractivity contribution in [2.75, 3.05) is 0 Å². The van der Waals surface area contributed by atoms with Crippen molar-refractivity contribution in [2.24, 2.45) is 0 Å². The molecule has 0 saturated heterocycles. The molecule has 0 fully saturated rings. The summed E-state index contributed by atoms with van der Waals surface area (Å²) in [6, 6.07) is 9.44. The van der Waals surface area contributed by atoms with E-state index in [4.69, 9.17) is 0 Å². The monoisotopic (exact) mass is 477 g/mol. The van der Waals surface area contributed by atoms with E-state index in [0.717, 1.165) is 39.1 Å². The SMILES string of the molecule is CCC(c1csc(C(=O)c2cn(C(=O)O)c3cc(F)ccc23)n1)N1C(=O)c2ccccc2C1=O. The van der Waals surface area contributed by atoms with Gasteiger partial charge in [-0.25, -0.2) is 14.2 Å². The number of carbonyl (C=O) groups excluding carboxylic acids is 3. The molecule has 8 nitrogen and oxygen atoms in total. The van der Waals surface area contributed by atoms with Crippen molar-refractivity contribution in [1.29, 1.82) is 0 Å². The van der Waals surface area contributed by atoms with Gasteiger partial charge in [0.1, 0.15) is 5.82 Å². The lowest BCUT2D eigenvalue weighted by Gasteiger charge is -2.23. The number of benzene rings is 2. The molecule has 1 unspecified atom stereocenters. The van der Waals surface area contributed by atoms with Crippen LogP contribution in [-0.2, 0) is 0 Å². The molecule has 4 aromatic rings. The highest BCUT2D eigenvalue weighted by Gasteiger charge is 2.40. The number of fused-ring (bicyclic) bond motifs is 2. The number of nitrogens with zero attached hydrogens (tertiary/aromatic N) is 3. The number of halogens is 1. The van der Waals surface area contributed by atoms with Gasteiger partial charge in [0.2, 0.25) is 5.78 Å². The molecule has 2 aromatic heterocycles. The number of carbonyl (C=O) groups is 4. The summed E-state index contributed by atoms with van der Waals surface area (Å²) in [5.74, 6) is -2.00. The van der Waals surface area contributed by atoms with Gasteiger partial charge in [0, 0.05) is 17.0 Å². The normalized spacial score (nSPS) is 14.0. The number of hydrogen-bond donors (Lipinski definition) is 1. The molecule has 3 heterocycles. The molecule has 34 heavy (non-hydrogen) atoms. The second kappa shape index (κ2) is 7.99. The lowest BCUT2D eigenvalue weighted by atomic mass is 10.1. The Morgan fingerprint density at radius 2 is 1.79 bits per heavy atom. The smallest absolute Gasteiger partial charge is 0.416 e. The largest absolute Gasteiger partial charge is 0.464 e. The third-order valence-corrected chi connectivity index (χ3v) is 6.66. The van der Waals surface area contributed by atoms with Gasteiger partial charge >= 0.3 is 6.09 Å². The van der Waals surface area contributed by atoms with Crippen molar-refractivity contribution in [3.8, 4) is 0 Å². The molecule has 1 aliphatic heterocycles. The van der Waals surface area contributed by atoms with Crippen LogP contribution >= 0.6 is 11.3 Å². The molecule has 0 spiro atoms. The Balaban J connectivity index is 1.51. The summed E-state index contributed by atoms with van der Waals surface area (Å²) >= 11 is 1.03. The molecule has 0 saturated carbocycles. The standard InChI is InChI=1S/C24H16FN3O5S/c1-2-18(28-22(30)14-5-3-4-6-15(14)23(28)31)17-11-34-21(26-17)20(29)16-10-27(24(32)33)19-9-12(25)7-8-13(16)19/h3-11,18H,2H2,1H3,(H,32,33). The van der Waals surface area contributed by atoms with Crippen molar-refractivity contribution < 1.29 is 28.7 Å². The second-order valence-electron chi connectivity index (χ2n) is 7.71. The first-order valence-electron chi connectivity index (χ1n) is 10.3. The lowest BCUT2D eigenvalue weighted by molar-refractivity contribution is 0.0574. The molecule has 1 aliphatic rings. The van der Waals surface area contributed by atoms with Crippen molar-refractivity contribution in [2.45, 2.75) is 19.4 Å². The van der Waals surface area contributed by atoms with Crippen molar-refractivity contribution >= 4 is 45.9 Å². The molecule has 1 atom stereocenters. The van der Waals surface area contributed by atoms with E-state index >= 15 is 0 Å². The van der Waals surface area contributed by atoms with Gasteiger partial charge in [0.05, 0.1) is 33.9 Å². The molecule has 170 valence electrons. The molecule has 0 bridgehead atoms. The maximum Gasteiger partial charge on any atom is 0.416 e. The minimum Gasteiger partial charge on any atom is -0.464 e. The molecular weight excluding hydrogens is 461 g/mol. The fourth-order valence-corrected chi connectivity index (χ4v) is 5.03. The van der Waals surface area contributed by atoms with E-state index in [0.29, 0.717) is 23.2 Å². The van der Waals surface area contributed by atoms with Crippen LogP contribution in [0.5, 0.6) is 0 Å². The van der Waals surface area contributed by atoms with Crippen LogP contribution in [-0.4, -0.2) is 43.2 Å². The Kier molecular flexibility index (Phi) is 5.09. The fourth-order valence-electron chi connectivity index (χ4n) is 4.21. The van der Waals surface area contributed by atoms with E-state index in [2.05, 4.69) is 4.98 Å². The van der Waals surface area contributed by atoms with Crippen LogP contribution in [0, 0.1) is 5.82 Å². The number of hydrogen-bond acceptors (Lipinski definition) is 6. The third-order valence-electron chi connectivity index (χ3n) is 5.80. The molecule has 0 aliphatic carbocycles. The van der Waals surface area contributed by atoms with E-state index in [1.165, 1.54) is 6.07 Å². The summed E-state index contributed by atoms with van der Waals surface area (Å²) in [6.07, 6.45) is 0.170. The number of imide groups is 1. The van der Waals surface area contributed by atoms with Crippen LogP contribution in [0.15, 0.2) is 54.0 Å². The number of amides is 2. The van der Waals surface area contributed by atoms with E-state index in [1.807, 2.05) is 6.92 Å². The molecule has 1 N–H and O–H groups in total. The van der Waals surface area contributed by atoms with Crippen LogP contribution in [0.1, 0.15) is 61.2 Å². The maximum atomic E-state index is 13.7. The minimum atomic E-state index is -1.36. The summed E-state index contributed by atoms with van der Waals surface area (Å²) in [5, 5.41) is 11.4. The molecule has 5 rings (SSSR count). The second-order valence-corrected chi connectivity index (χ2v) is 8.57. The van der Waals surface area contributed by atoms with Gasteiger partial charge < -0.3 is 5.11 Å². The van der Waals surface area contributed by atoms with Crippen LogP contribution in [0.4, 0.5) is 9.18 Å². The molecule has 2 amide bonds. The number of aromatic nitrogens is 2. The lowest BCUT2D eigenvalue weighted by Crippen LogP contribution is -2.34. The van der Waals surface area contributed by atoms with Gasteiger partial charge in [-0.05, 0) is 36.8 Å². The van der Waals surface area contributed by atoms with E-state index in [9.17, 15) is 28.7 Å². The van der Waals surface area contributed by atoms with Crippen molar-refractivity contribution in [3.63, 3.8) is 0 Å². The van der Waals surface area contributed by atoms with Crippen LogP contribution in [0.3, 0.4) is 0 Å². The topological polar surface area (TPSA) is 110 Å². The minimum absolute atomic E-state index is 0.0464. The zero-order valence-electron chi connectivity index (χ0n) is 17.7. The van der Waals surface area contributed by atoms with Gasteiger partial charge in [-0.2, -0.15) is 0 Å². The summed E-state index contributed by atoms with van der Waals surface area (Å²) in [5.41, 5.74) is 1.15. The van der Waals surface area contributed by atoms with Gasteiger partial charge in [-0.1, -0.05) is 19.1 Å². The third kappa shape index (κ3) is 3.22. The van der Waals surface area contributed by atoms with Crippen LogP contribution < -0.4 is 0 Å². The number of thiazole rings is 1. The number of ketones is 1. The number of rotatable bonds is 5. The molecular formula is C24H16FN3O5S. The quantitative estimate of drug-likeness (QED) is 0.328. The average Bonchev–Trinajstić information content (AvgIpc) is 3.51. The molecule has 0 radical (unpaired) electrons. The van der Waals surface area contributed by atoms with E-state index in [1.54, 1.807) is 29.6 Å². The van der Waals surface area contributed by atoms with Gasteiger partial charge in [-0.3, -0.25) is 23.9 Å². The van der Waals surface area contributed by atoms with E-state index in [-0.39, 0.29) is 21.5 Å². The average molecular weight is 477 g/mol. The van der Waals surface area contributed by atoms with Gasteiger partial charge in [0.25, 0.3) is 11.8 Å². The molecule has 10 heteroatoms. The fraction of sp³-hybridized carbons (Fsp3) is 0.125.